The highest BCUT2D eigenvalue weighted by Crippen LogP contribution is 2.46. The van der Waals surface area contributed by atoms with E-state index < -0.39 is 11.6 Å². The van der Waals surface area contributed by atoms with E-state index in [4.69, 9.17) is 24.7 Å². The fourth-order valence-corrected chi connectivity index (χ4v) is 9.40. The molecule has 0 unspecified atom stereocenters. The smallest absolute Gasteiger partial charge is 0.250 e. The average Bonchev–Trinajstić information content (AvgIpc) is 4.21. The number of halogens is 2. The molecule has 3 fully saturated rings. The summed E-state index contributed by atoms with van der Waals surface area (Å²) in [5, 5.41) is 3.48. The van der Waals surface area contributed by atoms with Gasteiger partial charge in [-0.3, -0.25) is 14.6 Å². The Morgan fingerprint density at radius 1 is 0.632 bits per heavy atom. The number of nitrogens with zero attached hydrogens (tertiary/aromatic N) is 3. The minimum atomic E-state index is -0.447. The molecule has 2 saturated heterocycles. The van der Waals surface area contributed by atoms with Crippen molar-refractivity contribution in [1.29, 1.82) is 0 Å². The predicted molar refractivity (Wildman–Crippen MR) is 258 cm³/mol. The third-order valence-electron chi connectivity index (χ3n) is 13.0. The topological polar surface area (TPSA) is 160 Å². The van der Waals surface area contributed by atoms with Crippen molar-refractivity contribution in [3.63, 3.8) is 0 Å². The fourth-order valence-electron chi connectivity index (χ4n) is 9.40. The molecule has 15 heteroatoms. The third-order valence-corrected chi connectivity index (χ3v) is 13.0. The highest BCUT2D eigenvalue weighted by Gasteiger charge is 2.28. The zero-order chi connectivity index (χ0) is 46.3. The number of H-pyrrole nitrogens is 2. The van der Waals surface area contributed by atoms with Crippen LogP contribution in [0.4, 0.5) is 31.5 Å². The first-order valence-electron chi connectivity index (χ1n) is 23.0. The Labute approximate surface area is 390 Å². The summed E-state index contributed by atoms with van der Waals surface area (Å²) >= 11 is 0. The maximum absolute atomic E-state index is 15.3. The van der Waals surface area contributed by atoms with Crippen LogP contribution < -0.4 is 41.4 Å². The summed E-state index contributed by atoms with van der Waals surface area (Å²) in [5.41, 5.74) is 15.8. The Hall–Kier alpha value is -7.49. The lowest BCUT2D eigenvalue weighted by Gasteiger charge is -2.29. The predicted octanol–water partition coefficient (Wildman–Crippen LogP) is 8.89. The lowest BCUT2D eigenvalue weighted by atomic mass is 9.95. The van der Waals surface area contributed by atoms with Crippen molar-refractivity contribution >= 4 is 22.7 Å². The van der Waals surface area contributed by atoms with Gasteiger partial charge in [-0.25, -0.2) is 8.78 Å². The van der Waals surface area contributed by atoms with E-state index in [0.29, 0.717) is 118 Å². The summed E-state index contributed by atoms with van der Waals surface area (Å²) in [6, 6.07) is 28.7. The first-order chi connectivity index (χ1) is 33.2. The number of pyridine rings is 3. The molecule has 4 aliphatic heterocycles. The maximum Gasteiger partial charge on any atom is 0.250 e. The van der Waals surface area contributed by atoms with Crippen molar-refractivity contribution in [2.45, 2.75) is 38.1 Å². The molecular weight excluding hydrogens is 869 g/mol. The van der Waals surface area contributed by atoms with E-state index in [-0.39, 0.29) is 22.2 Å². The highest BCUT2D eigenvalue weighted by atomic mass is 19.1. The minimum Gasteiger partial charge on any atom is -0.456 e. The first-order valence-corrected chi connectivity index (χ1v) is 23.0. The van der Waals surface area contributed by atoms with Gasteiger partial charge in [0, 0.05) is 102 Å². The van der Waals surface area contributed by atoms with Gasteiger partial charge in [-0.05, 0) is 97.1 Å². The largest absolute Gasteiger partial charge is 0.456 e. The zero-order valence-electron chi connectivity index (χ0n) is 37.2. The van der Waals surface area contributed by atoms with Crippen molar-refractivity contribution in [2.75, 3.05) is 73.5 Å². The molecule has 0 amide bonds. The second kappa shape index (κ2) is 18.3. The first kappa shape index (κ1) is 43.1. The van der Waals surface area contributed by atoms with Gasteiger partial charge in [0.25, 0.3) is 0 Å². The molecule has 7 aromatic rings. The SMILES string of the molecule is Nc1ccc2c(c1)Cc1ccc(F)c(-c3cc(N4CCOCC4)cc(=O)[nH]3)c1O2.O=c1cc(N2CCOCC2)cc(-c2c(F)ccc3c2Oc2ccc(NCc4cc(C5CC5)ccn4)cc2C3)[nH]1. The number of nitrogen functional groups attached to an aromatic ring is 1. The number of morpholine rings is 2. The van der Waals surface area contributed by atoms with Gasteiger partial charge >= 0.3 is 0 Å². The van der Waals surface area contributed by atoms with Crippen LogP contribution in [0.2, 0.25) is 0 Å². The maximum atomic E-state index is 15.3. The minimum absolute atomic E-state index is 0.261. The van der Waals surface area contributed by atoms with Crippen LogP contribution >= 0.6 is 0 Å². The van der Waals surface area contributed by atoms with E-state index in [1.165, 1.54) is 36.6 Å². The molecule has 12 rings (SSSR count). The number of hydrogen-bond acceptors (Lipinski definition) is 11. The summed E-state index contributed by atoms with van der Waals surface area (Å²) in [7, 11) is 0. The van der Waals surface area contributed by atoms with Crippen LogP contribution in [0.15, 0.2) is 113 Å². The number of anilines is 4. The van der Waals surface area contributed by atoms with Crippen LogP contribution in [0, 0.1) is 11.6 Å². The molecule has 13 nitrogen and oxygen atoms in total. The van der Waals surface area contributed by atoms with Crippen molar-refractivity contribution in [3.05, 3.63) is 169 Å². The third kappa shape index (κ3) is 9.02. The lowest BCUT2D eigenvalue weighted by Crippen LogP contribution is -2.36. The lowest BCUT2D eigenvalue weighted by molar-refractivity contribution is 0.122. The Morgan fingerprint density at radius 3 is 1.74 bits per heavy atom. The van der Waals surface area contributed by atoms with Crippen LogP contribution in [0.1, 0.15) is 52.3 Å². The Kier molecular flexibility index (Phi) is 11.6. The van der Waals surface area contributed by atoms with E-state index in [0.717, 1.165) is 45.0 Å². The van der Waals surface area contributed by atoms with Crippen LogP contribution in [0.3, 0.4) is 0 Å². The molecule has 0 radical (unpaired) electrons. The highest BCUT2D eigenvalue weighted by molar-refractivity contribution is 5.76. The number of ether oxygens (including phenoxy) is 4. The molecule has 3 aromatic heterocycles. The van der Waals surface area contributed by atoms with E-state index in [9.17, 15) is 14.0 Å². The summed E-state index contributed by atoms with van der Waals surface area (Å²) in [5.74, 6) is 2.01. The quantitative estimate of drug-likeness (QED) is 0.108. The number of benzene rings is 4. The fraction of sp³-hybridized carbons (Fsp3) is 0.264. The van der Waals surface area contributed by atoms with Crippen LogP contribution in [0.25, 0.3) is 22.5 Å². The summed E-state index contributed by atoms with van der Waals surface area (Å²) in [4.78, 5) is 39.2. The number of rotatable bonds is 8. The van der Waals surface area contributed by atoms with Gasteiger partial charge in [-0.15, -0.1) is 0 Å². The van der Waals surface area contributed by atoms with Crippen molar-refractivity contribution in [2.24, 2.45) is 0 Å². The van der Waals surface area contributed by atoms with Gasteiger partial charge < -0.3 is 49.8 Å². The number of aromatic amines is 2. The molecule has 68 heavy (non-hydrogen) atoms. The van der Waals surface area contributed by atoms with E-state index in [1.807, 2.05) is 30.5 Å². The second-order valence-corrected chi connectivity index (χ2v) is 17.7. The summed E-state index contributed by atoms with van der Waals surface area (Å²) in [6.07, 6.45) is 5.60. The molecule has 0 atom stereocenters. The van der Waals surface area contributed by atoms with Gasteiger partial charge in [0.1, 0.15) is 34.6 Å². The molecular formula is C53H49F2N7O6. The number of hydrogen-bond donors (Lipinski definition) is 4. The van der Waals surface area contributed by atoms with Crippen molar-refractivity contribution in [1.82, 2.24) is 15.0 Å². The molecule has 5 N–H and O–H groups in total. The van der Waals surface area contributed by atoms with Gasteiger partial charge in [0.05, 0.1) is 61.2 Å². The molecule has 0 spiro atoms. The summed E-state index contributed by atoms with van der Waals surface area (Å²) < 4.78 is 53.5. The molecule has 5 aliphatic rings. The molecule has 4 aromatic carbocycles. The van der Waals surface area contributed by atoms with Crippen LogP contribution in [-0.4, -0.2) is 67.6 Å². The van der Waals surface area contributed by atoms with Gasteiger partial charge in [0.2, 0.25) is 11.1 Å². The Morgan fingerprint density at radius 2 is 1.18 bits per heavy atom. The Bertz CT molecular complexity index is 3180. The number of aromatic nitrogens is 3. The van der Waals surface area contributed by atoms with Crippen molar-refractivity contribution < 1.29 is 27.7 Å². The molecule has 346 valence electrons. The van der Waals surface area contributed by atoms with Gasteiger partial charge in [-0.1, -0.05) is 12.1 Å². The van der Waals surface area contributed by atoms with Gasteiger partial charge in [0.15, 0.2) is 0 Å². The van der Waals surface area contributed by atoms with E-state index in [2.05, 4.69) is 48.3 Å². The average molecular weight is 918 g/mol. The molecule has 0 bridgehead atoms. The normalized spacial score (nSPS) is 15.9. The number of fused-ring (bicyclic) bond motifs is 4. The molecule has 7 heterocycles. The monoisotopic (exact) mass is 917 g/mol. The van der Waals surface area contributed by atoms with Crippen molar-refractivity contribution in [3.8, 4) is 45.5 Å². The molecule has 1 saturated carbocycles. The molecule has 1 aliphatic carbocycles. The summed E-state index contributed by atoms with van der Waals surface area (Å²) in [6.45, 7) is 5.75. The zero-order valence-corrected chi connectivity index (χ0v) is 37.2. The Balaban J connectivity index is 0.000000156. The van der Waals surface area contributed by atoms with Gasteiger partial charge in [-0.2, -0.15) is 0 Å². The van der Waals surface area contributed by atoms with Crippen LogP contribution in [-0.2, 0) is 28.9 Å². The standard InChI is InChI=1S/C31H29FN4O3.C22H20FN3O3/c32-26-5-3-21-13-22-15-23(34-18-24-14-20(7-8-33-24)19-1-2-19)4-6-28(22)39-31(21)30(26)27-16-25(17-29(37)35-27)36-9-11-38-12-10-36;23-17-3-1-13-9-14-10-15(24)2-4-19(14)29-22(13)21(17)18-11-16(12-20(27)25-18)26-5-7-28-8-6-26/h3-8,14-17,19,34H,1-2,9-13,18H2,(H,35,37);1-4,10-12H,5-9,24H2,(H,25,27). The van der Waals surface area contributed by atoms with E-state index >= 15 is 4.39 Å². The number of nitrogens with two attached hydrogens (primary N) is 1. The number of nitrogens with one attached hydrogen (secondary N) is 3. The van der Waals surface area contributed by atoms with E-state index in [1.54, 1.807) is 36.4 Å². The van der Waals surface area contributed by atoms with Crippen LogP contribution in [0.5, 0.6) is 23.0 Å². The second-order valence-electron chi connectivity index (χ2n) is 17.7.